The standard InChI is InChI=1S/C15H16N4O2/c1-20-13-6-4-10(8-14(13)21-2)17-15-18-11-5-3-9(16)7-12(11)19-15/h3-8H,16H2,1-2H3,(H2,17,18,19). The summed E-state index contributed by atoms with van der Waals surface area (Å²) >= 11 is 0. The minimum absolute atomic E-state index is 0.641. The zero-order valence-electron chi connectivity index (χ0n) is 11.8. The molecule has 0 spiro atoms. The van der Waals surface area contributed by atoms with Crippen LogP contribution >= 0.6 is 0 Å². The van der Waals surface area contributed by atoms with E-state index < -0.39 is 0 Å². The van der Waals surface area contributed by atoms with Crippen molar-refractivity contribution in [2.45, 2.75) is 0 Å². The molecule has 6 heteroatoms. The van der Waals surface area contributed by atoms with Gasteiger partial charge in [0.05, 0.1) is 25.3 Å². The van der Waals surface area contributed by atoms with Crippen molar-refractivity contribution >= 4 is 28.4 Å². The van der Waals surface area contributed by atoms with Crippen LogP contribution in [0.15, 0.2) is 36.4 Å². The molecule has 21 heavy (non-hydrogen) atoms. The second-order valence-electron chi connectivity index (χ2n) is 4.56. The topological polar surface area (TPSA) is 85.2 Å². The van der Waals surface area contributed by atoms with E-state index in [2.05, 4.69) is 15.3 Å². The Bertz CT molecular complexity index is 782. The van der Waals surface area contributed by atoms with Crippen molar-refractivity contribution in [3.8, 4) is 11.5 Å². The fourth-order valence-corrected chi connectivity index (χ4v) is 2.14. The van der Waals surface area contributed by atoms with Crippen LogP contribution in [0.4, 0.5) is 17.3 Å². The van der Waals surface area contributed by atoms with Gasteiger partial charge in [-0.3, -0.25) is 0 Å². The van der Waals surface area contributed by atoms with E-state index in [9.17, 15) is 0 Å². The van der Waals surface area contributed by atoms with Crippen LogP contribution < -0.4 is 20.5 Å². The molecular formula is C15H16N4O2. The summed E-state index contributed by atoms with van der Waals surface area (Å²) in [6.45, 7) is 0. The number of aromatic nitrogens is 2. The number of H-pyrrole nitrogens is 1. The Labute approximate surface area is 121 Å². The Hall–Kier alpha value is -2.89. The quantitative estimate of drug-likeness (QED) is 0.641. The molecule has 3 aromatic rings. The van der Waals surface area contributed by atoms with Crippen molar-refractivity contribution < 1.29 is 9.47 Å². The summed E-state index contributed by atoms with van der Waals surface area (Å²) in [5.41, 5.74) is 9.04. The Morgan fingerprint density at radius 1 is 1.05 bits per heavy atom. The van der Waals surface area contributed by atoms with Crippen molar-refractivity contribution in [3.05, 3.63) is 36.4 Å². The number of methoxy groups -OCH3 is 2. The van der Waals surface area contributed by atoms with Gasteiger partial charge in [0.15, 0.2) is 11.5 Å². The van der Waals surface area contributed by atoms with Gasteiger partial charge in [-0.2, -0.15) is 0 Å². The molecule has 1 aromatic heterocycles. The summed E-state index contributed by atoms with van der Waals surface area (Å²) in [6.07, 6.45) is 0. The molecule has 6 nitrogen and oxygen atoms in total. The minimum Gasteiger partial charge on any atom is -0.493 e. The Balaban J connectivity index is 1.91. The van der Waals surface area contributed by atoms with E-state index in [1.165, 1.54) is 0 Å². The lowest BCUT2D eigenvalue weighted by molar-refractivity contribution is 0.355. The monoisotopic (exact) mass is 284 g/mol. The molecule has 108 valence electrons. The van der Waals surface area contributed by atoms with E-state index in [0.717, 1.165) is 16.7 Å². The first kappa shape index (κ1) is 13.1. The van der Waals surface area contributed by atoms with Crippen LogP contribution in [-0.4, -0.2) is 24.2 Å². The number of benzene rings is 2. The van der Waals surface area contributed by atoms with Crippen LogP contribution in [0.1, 0.15) is 0 Å². The van der Waals surface area contributed by atoms with E-state index in [1.54, 1.807) is 14.2 Å². The number of anilines is 3. The zero-order valence-corrected chi connectivity index (χ0v) is 11.8. The highest BCUT2D eigenvalue weighted by Gasteiger charge is 2.07. The molecule has 1 heterocycles. The van der Waals surface area contributed by atoms with Gasteiger partial charge in [-0.1, -0.05) is 0 Å². The summed E-state index contributed by atoms with van der Waals surface area (Å²) in [5.74, 6) is 1.98. The Morgan fingerprint density at radius 3 is 2.62 bits per heavy atom. The van der Waals surface area contributed by atoms with E-state index in [0.29, 0.717) is 23.1 Å². The van der Waals surface area contributed by atoms with E-state index >= 15 is 0 Å². The normalized spacial score (nSPS) is 10.6. The zero-order chi connectivity index (χ0) is 14.8. The maximum absolute atomic E-state index is 5.76. The van der Waals surface area contributed by atoms with Crippen molar-refractivity contribution in [1.29, 1.82) is 0 Å². The van der Waals surface area contributed by atoms with Gasteiger partial charge in [0.2, 0.25) is 5.95 Å². The van der Waals surface area contributed by atoms with Crippen molar-refractivity contribution in [2.24, 2.45) is 0 Å². The molecule has 3 rings (SSSR count). The highest BCUT2D eigenvalue weighted by molar-refractivity contribution is 5.81. The maximum Gasteiger partial charge on any atom is 0.205 e. The van der Waals surface area contributed by atoms with Gasteiger partial charge < -0.3 is 25.5 Å². The number of hydrogen-bond donors (Lipinski definition) is 3. The predicted octanol–water partition coefficient (Wildman–Crippen LogP) is 2.91. The number of rotatable bonds is 4. The number of nitrogens with zero attached hydrogens (tertiary/aromatic N) is 1. The highest BCUT2D eigenvalue weighted by Crippen LogP contribution is 2.31. The number of hydrogen-bond acceptors (Lipinski definition) is 5. The van der Waals surface area contributed by atoms with Gasteiger partial charge in [0.1, 0.15) is 0 Å². The molecule has 0 radical (unpaired) electrons. The van der Waals surface area contributed by atoms with Crippen LogP contribution in [0.25, 0.3) is 11.0 Å². The average molecular weight is 284 g/mol. The Kier molecular flexibility index (Phi) is 3.27. The summed E-state index contributed by atoms with van der Waals surface area (Å²) < 4.78 is 10.5. The predicted molar refractivity (Wildman–Crippen MR) is 83.3 cm³/mol. The first-order valence-electron chi connectivity index (χ1n) is 6.44. The molecule has 0 saturated carbocycles. The van der Waals surface area contributed by atoms with E-state index in [4.69, 9.17) is 15.2 Å². The molecule has 0 aliphatic carbocycles. The lowest BCUT2D eigenvalue weighted by atomic mass is 10.3. The van der Waals surface area contributed by atoms with Crippen molar-refractivity contribution in [3.63, 3.8) is 0 Å². The Morgan fingerprint density at radius 2 is 1.86 bits per heavy atom. The molecule has 4 N–H and O–H groups in total. The fourth-order valence-electron chi connectivity index (χ4n) is 2.14. The lowest BCUT2D eigenvalue weighted by Gasteiger charge is -2.09. The summed E-state index contributed by atoms with van der Waals surface area (Å²) in [6, 6.07) is 11.1. The van der Waals surface area contributed by atoms with Gasteiger partial charge in [0.25, 0.3) is 0 Å². The molecule has 0 saturated heterocycles. The SMILES string of the molecule is COc1ccc(Nc2nc3ccc(N)cc3[nH]2)cc1OC. The number of aromatic amines is 1. The van der Waals surface area contributed by atoms with Crippen LogP contribution in [0.2, 0.25) is 0 Å². The van der Waals surface area contributed by atoms with Crippen LogP contribution in [-0.2, 0) is 0 Å². The van der Waals surface area contributed by atoms with Crippen molar-refractivity contribution in [1.82, 2.24) is 9.97 Å². The van der Waals surface area contributed by atoms with E-state index in [1.807, 2.05) is 36.4 Å². The second kappa shape index (κ2) is 5.24. The minimum atomic E-state index is 0.641. The molecule has 2 aromatic carbocycles. The maximum atomic E-state index is 5.76. The molecule has 0 aliphatic rings. The molecule has 0 fully saturated rings. The molecule has 0 unspecified atom stereocenters. The number of ether oxygens (including phenoxy) is 2. The number of nitrogens with two attached hydrogens (primary N) is 1. The van der Waals surface area contributed by atoms with Crippen LogP contribution in [0.5, 0.6) is 11.5 Å². The summed E-state index contributed by atoms with van der Waals surface area (Å²) in [7, 11) is 3.21. The summed E-state index contributed by atoms with van der Waals surface area (Å²) in [5, 5.41) is 3.20. The van der Waals surface area contributed by atoms with Gasteiger partial charge in [-0.25, -0.2) is 4.98 Å². The third kappa shape index (κ3) is 2.55. The van der Waals surface area contributed by atoms with Crippen molar-refractivity contribution in [2.75, 3.05) is 25.3 Å². The molecular weight excluding hydrogens is 268 g/mol. The number of imidazole rings is 1. The average Bonchev–Trinajstić information content (AvgIpc) is 2.88. The van der Waals surface area contributed by atoms with Crippen LogP contribution in [0.3, 0.4) is 0 Å². The smallest absolute Gasteiger partial charge is 0.205 e. The van der Waals surface area contributed by atoms with Gasteiger partial charge in [0, 0.05) is 17.4 Å². The molecule has 0 amide bonds. The third-order valence-electron chi connectivity index (χ3n) is 3.15. The van der Waals surface area contributed by atoms with Gasteiger partial charge >= 0.3 is 0 Å². The third-order valence-corrected chi connectivity index (χ3v) is 3.15. The second-order valence-corrected chi connectivity index (χ2v) is 4.56. The molecule has 0 aliphatic heterocycles. The fraction of sp³-hybridized carbons (Fsp3) is 0.133. The number of nitrogen functional groups attached to an aromatic ring is 1. The van der Waals surface area contributed by atoms with Gasteiger partial charge in [-0.05, 0) is 30.3 Å². The first-order valence-corrected chi connectivity index (χ1v) is 6.44. The molecule has 0 atom stereocenters. The number of fused-ring (bicyclic) bond motifs is 1. The van der Waals surface area contributed by atoms with Crippen LogP contribution in [0, 0.1) is 0 Å². The number of nitrogens with one attached hydrogen (secondary N) is 2. The highest BCUT2D eigenvalue weighted by atomic mass is 16.5. The lowest BCUT2D eigenvalue weighted by Crippen LogP contribution is -1.95. The first-order chi connectivity index (χ1) is 10.2. The largest absolute Gasteiger partial charge is 0.493 e. The molecule has 0 bridgehead atoms. The van der Waals surface area contributed by atoms with E-state index in [-0.39, 0.29) is 0 Å². The van der Waals surface area contributed by atoms with Gasteiger partial charge in [-0.15, -0.1) is 0 Å². The summed E-state index contributed by atoms with van der Waals surface area (Å²) in [4.78, 5) is 7.63.